The summed E-state index contributed by atoms with van der Waals surface area (Å²) in [4.78, 5) is 0. The number of allylic oxidation sites excluding steroid dienone is 2. The van der Waals surface area contributed by atoms with Crippen molar-refractivity contribution in [1.82, 2.24) is 0 Å². The van der Waals surface area contributed by atoms with Crippen molar-refractivity contribution in [1.29, 1.82) is 0 Å². The molecule has 0 saturated carbocycles. The molecule has 0 fully saturated rings. The first kappa shape index (κ1) is 14.6. The van der Waals surface area contributed by atoms with Crippen LogP contribution in [0.1, 0.15) is 29.5 Å². The molecule has 0 saturated heterocycles. The van der Waals surface area contributed by atoms with Gasteiger partial charge in [-0.15, -0.1) is 0 Å². The fourth-order valence-electron chi connectivity index (χ4n) is 4.57. The van der Waals surface area contributed by atoms with Crippen molar-refractivity contribution in [3.05, 3.63) is 82.9 Å². The van der Waals surface area contributed by atoms with Gasteiger partial charge in [0.15, 0.2) is 0 Å². The Bertz CT molecular complexity index is 762. The van der Waals surface area contributed by atoms with E-state index in [1.54, 1.807) is 11.1 Å². The van der Waals surface area contributed by atoms with Gasteiger partial charge >= 0.3 is 141 Å². The minimum absolute atomic E-state index is 0.201. The van der Waals surface area contributed by atoms with Gasteiger partial charge in [0.1, 0.15) is 0 Å². The molecule has 0 amide bonds. The van der Waals surface area contributed by atoms with Gasteiger partial charge in [-0.05, 0) is 0 Å². The van der Waals surface area contributed by atoms with Gasteiger partial charge in [-0.25, -0.2) is 0 Å². The third-order valence-corrected chi connectivity index (χ3v) is 32.6. The summed E-state index contributed by atoms with van der Waals surface area (Å²) in [6.07, 6.45) is 9.85. The first-order valence-corrected chi connectivity index (χ1v) is 20.2. The molecule has 4 rings (SSSR count). The van der Waals surface area contributed by atoms with Crippen LogP contribution >= 0.6 is 0 Å². The average Bonchev–Trinajstić information content (AvgIpc) is 3.13. The first-order chi connectivity index (χ1) is 10.8. The maximum absolute atomic E-state index is 2.57. The molecule has 2 aliphatic carbocycles. The average molecular weight is 382 g/mol. The normalized spacial score (nSPS) is 21.2. The van der Waals surface area contributed by atoms with Gasteiger partial charge in [0.2, 0.25) is 0 Å². The molecule has 2 atom stereocenters. The van der Waals surface area contributed by atoms with E-state index in [1.807, 2.05) is 0 Å². The van der Waals surface area contributed by atoms with Crippen LogP contribution in [-0.2, 0) is 20.4 Å². The number of hydrogen-bond acceptors (Lipinski definition) is 0. The zero-order valence-electron chi connectivity index (χ0n) is 13.3. The summed E-state index contributed by atoms with van der Waals surface area (Å²) in [6.45, 7) is 5.14. The second-order valence-electron chi connectivity index (χ2n) is 7.04. The van der Waals surface area contributed by atoms with Crippen molar-refractivity contribution in [2.24, 2.45) is 0 Å². The van der Waals surface area contributed by atoms with Gasteiger partial charge in [-0.1, -0.05) is 0 Å². The van der Waals surface area contributed by atoms with Gasteiger partial charge in [-0.2, -0.15) is 0 Å². The van der Waals surface area contributed by atoms with E-state index in [0.29, 0.717) is 0 Å². The van der Waals surface area contributed by atoms with E-state index in [0.717, 1.165) is 7.25 Å². The summed E-state index contributed by atoms with van der Waals surface area (Å²) in [5.74, 6) is 0. The number of benzene rings is 2. The van der Waals surface area contributed by atoms with Crippen LogP contribution in [0.25, 0.3) is 12.2 Å². The predicted octanol–water partition coefficient (Wildman–Crippen LogP) is 4.86. The van der Waals surface area contributed by atoms with E-state index >= 15 is 0 Å². The van der Waals surface area contributed by atoms with E-state index in [4.69, 9.17) is 0 Å². The standard InChI is InChI=1S/2C9H7.C2H6Si.Zr.2H/c2*1-2-5-9-7-3-6-8(9)4-1;1-3-2;;;/h2*1-7H;1-2H3;;;. The van der Waals surface area contributed by atoms with Gasteiger partial charge in [0.25, 0.3) is 0 Å². The van der Waals surface area contributed by atoms with E-state index in [9.17, 15) is 0 Å². The van der Waals surface area contributed by atoms with Crippen molar-refractivity contribution >= 4 is 17.6 Å². The summed E-state index contributed by atoms with van der Waals surface area (Å²) in [7, 11) is 0. The molecule has 22 heavy (non-hydrogen) atoms. The van der Waals surface area contributed by atoms with E-state index in [1.165, 1.54) is 11.1 Å². The van der Waals surface area contributed by atoms with Gasteiger partial charge < -0.3 is 0 Å². The van der Waals surface area contributed by atoms with Gasteiger partial charge in [0, 0.05) is 0 Å². The third kappa shape index (κ3) is 2.37. The quantitative estimate of drug-likeness (QED) is 0.652. The molecule has 2 aliphatic rings. The molecule has 0 aromatic heterocycles. The number of rotatable bonds is 2. The van der Waals surface area contributed by atoms with E-state index < -0.39 is 20.4 Å². The van der Waals surface area contributed by atoms with Crippen LogP contribution in [-0.4, -0.2) is 5.43 Å². The molecule has 2 unspecified atom stereocenters. The zero-order valence-corrected chi connectivity index (χ0v) is 17.8. The van der Waals surface area contributed by atoms with Crippen LogP contribution in [0.2, 0.25) is 13.1 Å². The second-order valence-corrected chi connectivity index (χ2v) is 32.2. The van der Waals surface area contributed by atoms with E-state index in [-0.39, 0.29) is 5.43 Å². The van der Waals surface area contributed by atoms with Gasteiger partial charge in [0.05, 0.1) is 0 Å². The predicted molar refractivity (Wildman–Crippen MR) is 96.7 cm³/mol. The topological polar surface area (TPSA) is 0 Å². The van der Waals surface area contributed by atoms with Crippen molar-refractivity contribution < 1.29 is 20.4 Å². The van der Waals surface area contributed by atoms with Crippen molar-refractivity contribution in [2.45, 2.75) is 20.3 Å². The first-order valence-electron chi connectivity index (χ1n) is 8.31. The Balaban J connectivity index is 1.82. The fourth-order valence-corrected chi connectivity index (χ4v) is 31.1. The molecule has 0 spiro atoms. The molecule has 0 aliphatic heterocycles. The Kier molecular flexibility index (Phi) is 3.92. The number of hydrogen-bond donors (Lipinski definition) is 0. The van der Waals surface area contributed by atoms with E-state index in [2.05, 4.69) is 85.9 Å². The molecule has 110 valence electrons. The summed E-state index contributed by atoms with van der Waals surface area (Å²) in [6, 6.07) is 18.1. The SMILES string of the molecule is C[Si](C)=[ZrH2]([CH]1C=Cc2ccccc21)[CH]1C=Cc2ccccc21. The molecular formula is C20H22SiZr. The monoisotopic (exact) mass is 380 g/mol. The van der Waals surface area contributed by atoms with Crippen LogP contribution < -0.4 is 0 Å². The molecule has 0 bridgehead atoms. The summed E-state index contributed by atoms with van der Waals surface area (Å²) in [5.41, 5.74) is 5.98. The molecule has 0 nitrogen and oxygen atoms in total. The third-order valence-electron chi connectivity index (χ3n) is 5.57. The van der Waals surface area contributed by atoms with Crippen molar-refractivity contribution in [3.8, 4) is 0 Å². The Morgan fingerprint density at radius 3 is 1.64 bits per heavy atom. The maximum atomic E-state index is 2.57. The van der Waals surface area contributed by atoms with Crippen LogP contribution in [0.4, 0.5) is 0 Å². The van der Waals surface area contributed by atoms with Crippen LogP contribution in [0.5, 0.6) is 0 Å². The minimum atomic E-state index is -1.97. The molecule has 0 N–H and O–H groups in total. The van der Waals surface area contributed by atoms with Crippen molar-refractivity contribution in [2.75, 3.05) is 0 Å². The van der Waals surface area contributed by atoms with Crippen LogP contribution in [0.3, 0.4) is 0 Å². The molecule has 0 radical (unpaired) electrons. The summed E-state index contributed by atoms with van der Waals surface area (Å²) >= 11 is -1.97. The molecule has 2 aromatic rings. The summed E-state index contributed by atoms with van der Waals surface area (Å²) in [5, 5.41) is 0. The Morgan fingerprint density at radius 1 is 0.727 bits per heavy atom. The number of fused-ring (bicyclic) bond motifs is 2. The fraction of sp³-hybridized carbons (Fsp3) is 0.200. The van der Waals surface area contributed by atoms with Gasteiger partial charge in [-0.3, -0.25) is 0 Å². The molecule has 2 aromatic carbocycles. The Hall–Kier alpha value is -0.980. The second kappa shape index (κ2) is 5.91. The van der Waals surface area contributed by atoms with Crippen LogP contribution in [0.15, 0.2) is 60.7 Å². The molecule has 0 heterocycles. The molecular weight excluding hydrogens is 360 g/mol. The Labute approximate surface area is 140 Å². The van der Waals surface area contributed by atoms with Crippen molar-refractivity contribution in [3.63, 3.8) is 0 Å². The molecule has 2 heteroatoms. The zero-order chi connectivity index (χ0) is 15.1. The Morgan fingerprint density at radius 2 is 1.18 bits per heavy atom. The van der Waals surface area contributed by atoms with Crippen LogP contribution in [0, 0.1) is 0 Å². The summed E-state index contributed by atoms with van der Waals surface area (Å²) < 4.78 is 1.59.